The second-order valence-electron chi connectivity index (χ2n) is 11.8. The highest BCUT2D eigenvalue weighted by atomic mass is 32.2. The highest BCUT2D eigenvalue weighted by molar-refractivity contribution is 7.92. The van der Waals surface area contributed by atoms with Crippen LogP contribution in [0.2, 0.25) is 0 Å². The summed E-state index contributed by atoms with van der Waals surface area (Å²) in [5.41, 5.74) is 4.92. The number of hydrogen-bond acceptors (Lipinski definition) is 4. The molecule has 0 spiro atoms. The Morgan fingerprint density at radius 1 is 0.783 bits per heavy atom. The summed E-state index contributed by atoms with van der Waals surface area (Å²) in [6.45, 7) is 9.41. The molecule has 2 atom stereocenters. The Bertz CT molecular complexity index is 1720. The number of carbonyl (C=O) groups excluding carboxylic acids is 2. The van der Waals surface area contributed by atoms with E-state index in [1.807, 2.05) is 101 Å². The van der Waals surface area contributed by atoms with Crippen molar-refractivity contribution in [2.24, 2.45) is 0 Å². The highest BCUT2D eigenvalue weighted by Gasteiger charge is 2.35. The van der Waals surface area contributed by atoms with Gasteiger partial charge in [0.1, 0.15) is 12.6 Å². The Morgan fingerprint density at radius 2 is 1.39 bits per heavy atom. The molecular weight excluding hydrogens is 595 g/mol. The first-order valence-corrected chi connectivity index (χ1v) is 17.3. The van der Waals surface area contributed by atoms with Crippen LogP contribution in [0.1, 0.15) is 55.0 Å². The van der Waals surface area contributed by atoms with Crippen molar-refractivity contribution < 1.29 is 18.0 Å². The van der Waals surface area contributed by atoms with Gasteiger partial charge < -0.3 is 10.2 Å². The average molecular weight is 640 g/mol. The van der Waals surface area contributed by atoms with Crippen LogP contribution in [0.25, 0.3) is 0 Å². The maximum absolute atomic E-state index is 14.7. The first kappa shape index (κ1) is 34.4. The quantitative estimate of drug-likeness (QED) is 0.168. The number of nitrogens with one attached hydrogen (secondary N) is 1. The summed E-state index contributed by atoms with van der Waals surface area (Å²) in [5.74, 6) is -0.743. The summed E-state index contributed by atoms with van der Waals surface area (Å²) in [6, 6.07) is 30.2. The molecule has 4 aromatic rings. The van der Waals surface area contributed by atoms with E-state index in [0.717, 1.165) is 34.2 Å². The van der Waals surface area contributed by atoms with Gasteiger partial charge in [-0.3, -0.25) is 13.9 Å². The fraction of sp³-hybridized carbons (Fsp3) is 0.316. The molecule has 1 N–H and O–H groups in total. The number of benzene rings is 4. The summed E-state index contributed by atoms with van der Waals surface area (Å²) in [7, 11) is -4.16. The van der Waals surface area contributed by atoms with E-state index in [2.05, 4.69) is 5.32 Å². The van der Waals surface area contributed by atoms with Crippen LogP contribution in [0.4, 0.5) is 5.69 Å². The second-order valence-corrected chi connectivity index (χ2v) is 13.6. The van der Waals surface area contributed by atoms with Gasteiger partial charge in [0.25, 0.3) is 10.0 Å². The lowest BCUT2D eigenvalue weighted by Gasteiger charge is -2.35. The lowest BCUT2D eigenvalue weighted by Crippen LogP contribution is -2.54. The van der Waals surface area contributed by atoms with Gasteiger partial charge in [-0.05, 0) is 74.1 Å². The van der Waals surface area contributed by atoms with Gasteiger partial charge in [0, 0.05) is 19.0 Å². The number of anilines is 1. The molecule has 0 heterocycles. The number of amides is 2. The van der Waals surface area contributed by atoms with Crippen LogP contribution >= 0.6 is 0 Å². The van der Waals surface area contributed by atoms with Crippen molar-refractivity contribution in [2.45, 2.75) is 77.4 Å². The lowest BCUT2D eigenvalue weighted by molar-refractivity contribution is -0.140. The van der Waals surface area contributed by atoms with Crippen molar-refractivity contribution in [1.29, 1.82) is 0 Å². The Kier molecular flexibility index (Phi) is 11.8. The van der Waals surface area contributed by atoms with Gasteiger partial charge in [-0.25, -0.2) is 8.42 Å². The predicted octanol–water partition coefficient (Wildman–Crippen LogP) is 6.62. The Balaban J connectivity index is 1.84. The fourth-order valence-electron chi connectivity index (χ4n) is 5.37. The number of para-hydroxylation sites is 1. The van der Waals surface area contributed by atoms with E-state index in [9.17, 15) is 18.0 Å². The highest BCUT2D eigenvalue weighted by Crippen LogP contribution is 2.29. The maximum Gasteiger partial charge on any atom is 0.264 e. The van der Waals surface area contributed by atoms with E-state index >= 15 is 0 Å². The van der Waals surface area contributed by atoms with E-state index in [-0.39, 0.29) is 29.8 Å². The zero-order valence-electron chi connectivity index (χ0n) is 27.4. The number of sulfonamides is 1. The largest absolute Gasteiger partial charge is 0.352 e. The zero-order chi connectivity index (χ0) is 33.3. The van der Waals surface area contributed by atoms with E-state index in [0.29, 0.717) is 12.1 Å². The summed E-state index contributed by atoms with van der Waals surface area (Å²) < 4.78 is 29.9. The van der Waals surface area contributed by atoms with Crippen LogP contribution in [0, 0.1) is 13.8 Å². The molecular formula is C38H45N3O4S. The monoisotopic (exact) mass is 639 g/mol. The van der Waals surface area contributed by atoms with Gasteiger partial charge in [-0.1, -0.05) is 104 Å². The zero-order valence-corrected chi connectivity index (χ0v) is 28.3. The molecule has 4 aromatic carbocycles. The van der Waals surface area contributed by atoms with Crippen molar-refractivity contribution in [3.05, 3.63) is 131 Å². The molecule has 0 aromatic heterocycles. The molecule has 242 valence electrons. The van der Waals surface area contributed by atoms with Gasteiger partial charge in [-0.2, -0.15) is 0 Å². The first-order chi connectivity index (χ1) is 22.0. The van der Waals surface area contributed by atoms with E-state index in [1.54, 1.807) is 41.3 Å². The molecule has 0 radical (unpaired) electrons. The maximum atomic E-state index is 14.7. The molecule has 0 aliphatic rings. The van der Waals surface area contributed by atoms with Crippen molar-refractivity contribution in [3.8, 4) is 0 Å². The summed E-state index contributed by atoms with van der Waals surface area (Å²) in [5, 5.41) is 3.09. The number of nitrogens with zero attached hydrogens (tertiary/aromatic N) is 2. The molecule has 0 saturated carbocycles. The molecule has 0 saturated heterocycles. The number of carbonyl (C=O) groups is 2. The van der Waals surface area contributed by atoms with E-state index in [4.69, 9.17) is 0 Å². The van der Waals surface area contributed by atoms with Crippen LogP contribution in [0.3, 0.4) is 0 Å². The number of hydrogen-bond donors (Lipinski definition) is 1. The molecule has 46 heavy (non-hydrogen) atoms. The summed E-state index contributed by atoms with van der Waals surface area (Å²) in [6.07, 6.45) is 1.58. The van der Waals surface area contributed by atoms with Crippen LogP contribution in [-0.2, 0) is 39.0 Å². The summed E-state index contributed by atoms with van der Waals surface area (Å²) in [4.78, 5) is 30.4. The van der Waals surface area contributed by atoms with Crippen molar-refractivity contribution in [2.75, 3.05) is 10.8 Å². The van der Waals surface area contributed by atoms with Crippen LogP contribution < -0.4 is 9.62 Å². The van der Waals surface area contributed by atoms with Crippen LogP contribution in [-0.4, -0.2) is 43.8 Å². The van der Waals surface area contributed by atoms with Gasteiger partial charge in [-0.15, -0.1) is 0 Å². The van der Waals surface area contributed by atoms with Gasteiger partial charge in [0.2, 0.25) is 11.8 Å². The minimum Gasteiger partial charge on any atom is -0.352 e. The summed E-state index contributed by atoms with van der Waals surface area (Å²) >= 11 is 0. The average Bonchev–Trinajstić information content (AvgIpc) is 3.06. The molecule has 0 aliphatic carbocycles. The van der Waals surface area contributed by atoms with Gasteiger partial charge in [0.15, 0.2) is 0 Å². The minimum absolute atomic E-state index is 0.0950. The van der Waals surface area contributed by atoms with Crippen molar-refractivity contribution in [3.63, 3.8) is 0 Å². The third-order valence-electron chi connectivity index (χ3n) is 8.40. The smallest absolute Gasteiger partial charge is 0.264 e. The van der Waals surface area contributed by atoms with Crippen molar-refractivity contribution in [1.82, 2.24) is 10.2 Å². The van der Waals surface area contributed by atoms with Crippen molar-refractivity contribution >= 4 is 27.5 Å². The van der Waals surface area contributed by atoms with Gasteiger partial charge in [0.05, 0.1) is 10.6 Å². The standard InChI is InChI=1S/C38H45N3O4S/c1-6-30(5)39-38(43)36(25-31-16-9-8-10-17-31)40(26-33-19-12-11-15-29(33)4)37(42)27-41(35-20-14-13-18-32(35)7-2)46(44,45)34-23-21-28(3)22-24-34/h8-24,30,36H,6-7,25-27H2,1-5H3,(H,39,43)/t30-,36-/m0/s1. The molecule has 0 unspecified atom stereocenters. The Hall–Kier alpha value is -4.43. The molecule has 8 heteroatoms. The topological polar surface area (TPSA) is 86.8 Å². The second kappa shape index (κ2) is 15.7. The Morgan fingerprint density at radius 3 is 2.02 bits per heavy atom. The number of aryl methyl sites for hydroxylation is 3. The van der Waals surface area contributed by atoms with E-state index in [1.165, 1.54) is 4.31 Å². The number of rotatable bonds is 14. The molecule has 2 amide bonds. The third-order valence-corrected chi connectivity index (χ3v) is 10.2. The van der Waals surface area contributed by atoms with Crippen LogP contribution in [0.5, 0.6) is 0 Å². The first-order valence-electron chi connectivity index (χ1n) is 15.9. The predicted molar refractivity (Wildman–Crippen MR) is 185 cm³/mol. The lowest BCUT2D eigenvalue weighted by atomic mass is 10.0. The molecule has 0 bridgehead atoms. The minimum atomic E-state index is -4.16. The molecule has 4 rings (SSSR count). The SMILES string of the molecule is CCc1ccccc1N(CC(=O)N(Cc1ccccc1C)[C@@H](Cc1ccccc1)C(=O)N[C@@H](C)CC)S(=O)(=O)c1ccc(C)cc1. The molecule has 0 aliphatic heterocycles. The molecule has 0 fully saturated rings. The Labute approximate surface area is 274 Å². The van der Waals surface area contributed by atoms with Gasteiger partial charge >= 0.3 is 0 Å². The third kappa shape index (κ3) is 8.43. The molecule has 7 nitrogen and oxygen atoms in total. The van der Waals surface area contributed by atoms with E-state index < -0.39 is 28.5 Å². The van der Waals surface area contributed by atoms with Crippen LogP contribution in [0.15, 0.2) is 108 Å². The normalized spacial score (nSPS) is 12.6. The fourth-order valence-corrected chi connectivity index (χ4v) is 6.82.